The van der Waals surface area contributed by atoms with Crippen LogP contribution in [0.3, 0.4) is 0 Å². The molecule has 3 rings (SSSR count). The van der Waals surface area contributed by atoms with Gasteiger partial charge in [0, 0.05) is 12.4 Å². The third-order valence-corrected chi connectivity index (χ3v) is 4.36. The molecule has 162 valence electrons. The number of ether oxygens (including phenoxy) is 2. The molecule has 2 aromatic heterocycles. The lowest BCUT2D eigenvalue weighted by atomic mass is 10.1. The Kier molecular flexibility index (Phi) is 6.86. The van der Waals surface area contributed by atoms with Gasteiger partial charge in [-0.05, 0) is 56.7 Å². The molecular formula is C22H25N5O4. The number of aryl methyl sites for hydroxylation is 1. The number of rotatable bonds is 8. The van der Waals surface area contributed by atoms with E-state index in [1.807, 2.05) is 32.9 Å². The van der Waals surface area contributed by atoms with Gasteiger partial charge in [0.25, 0.3) is 5.91 Å². The minimum atomic E-state index is -0.876. The fraction of sp³-hybridized carbons (Fsp3) is 0.273. The molecule has 2 heterocycles. The second-order valence-electron chi connectivity index (χ2n) is 7.22. The van der Waals surface area contributed by atoms with Gasteiger partial charge in [0.15, 0.2) is 0 Å². The van der Waals surface area contributed by atoms with Crippen molar-refractivity contribution < 1.29 is 19.1 Å². The number of nitrogens with one attached hydrogen (secondary N) is 1. The molecule has 9 heteroatoms. The molecule has 0 aliphatic heterocycles. The van der Waals surface area contributed by atoms with E-state index in [0.29, 0.717) is 22.7 Å². The fourth-order valence-electron chi connectivity index (χ4n) is 2.97. The molecule has 0 spiro atoms. The predicted molar refractivity (Wildman–Crippen MR) is 115 cm³/mol. The van der Waals surface area contributed by atoms with Gasteiger partial charge < -0.3 is 20.5 Å². The highest BCUT2D eigenvalue weighted by molar-refractivity contribution is 6.06. The van der Waals surface area contributed by atoms with E-state index in [9.17, 15) is 9.59 Å². The predicted octanol–water partition coefficient (Wildman–Crippen LogP) is 3.31. The number of amides is 2. The van der Waals surface area contributed by atoms with Crippen molar-refractivity contribution in [3.05, 3.63) is 71.8 Å². The molecule has 1 atom stereocenters. The normalized spacial score (nSPS) is 11.7. The van der Waals surface area contributed by atoms with Crippen LogP contribution in [0.5, 0.6) is 5.75 Å². The second kappa shape index (κ2) is 9.75. The first-order chi connectivity index (χ1) is 14.8. The first kappa shape index (κ1) is 21.8. The second-order valence-corrected chi connectivity index (χ2v) is 7.22. The molecule has 0 aliphatic rings. The minimum Gasteiger partial charge on any atom is -0.490 e. The topological polar surface area (TPSA) is 121 Å². The van der Waals surface area contributed by atoms with E-state index < -0.39 is 12.1 Å². The summed E-state index contributed by atoms with van der Waals surface area (Å²) in [6.45, 7) is 5.74. The van der Waals surface area contributed by atoms with Crippen molar-refractivity contribution in [2.45, 2.75) is 32.9 Å². The van der Waals surface area contributed by atoms with Gasteiger partial charge in [-0.15, -0.1) is 0 Å². The number of hydrogen-bond donors (Lipinski definition) is 2. The number of primary amides is 1. The Labute approximate surface area is 180 Å². The van der Waals surface area contributed by atoms with E-state index in [1.54, 1.807) is 41.3 Å². The molecule has 0 fully saturated rings. The maximum absolute atomic E-state index is 12.8. The molecule has 0 bridgehead atoms. The number of pyridine rings is 1. The Bertz CT molecular complexity index is 1030. The van der Waals surface area contributed by atoms with Gasteiger partial charge in [-0.3, -0.25) is 14.5 Å². The zero-order valence-electron chi connectivity index (χ0n) is 17.6. The van der Waals surface area contributed by atoms with Crippen LogP contribution < -0.4 is 15.8 Å². The van der Waals surface area contributed by atoms with Crippen LogP contribution in [-0.2, 0) is 4.74 Å². The SMILES string of the molecule is Cc1ccc(C(=O)Nc2ccc(C(COC(N)=O)n3cccn3)nc2)c(OC(C)C)c1. The van der Waals surface area contributed by atoms with Crippen LogP contribution in [0.15, 0.2) is 55.0 Å². The summed E-state index contributed by atoms with van der Waals surface area (Å²) in [6.07, 6.45) is 3.95. The molecule has 0 saturated heterocycles. The molecule has 3 aromatic rings. The van der Waals surface area contributed by atoms with E-state index >= 15 is 0 Å². The molecule has 0 saturated carbocycles. The zero-order valence-corrected chi connectivity index (χ0v) is 17.6. The summed E-state index contributed by atoms with van der Waals surface area (Å²) in [7, 11) is 0. The third-order valence-electron chi connectivity index (χ3n) is 4.36. The van der Waals surface area contributed by atoms with Crippen molar-refractivity contribution in [3.8, 4) is 5.75 Å². The van der Waals surface area contributed by atoms with Crippen LogP contribution in [0.1, 0.15) is 41.5 Å². The zero-order chi connectivity index (χ0) is 22.4. The number of nitrogens with zero attached hydrogens (tertiary/aromatic N) is 3. The van der Waals surface area contributed by atoms with Crippen molar-refractivity contribution in [2.75, 3.05) is 11.9 Å². The summed E-state index contributed by atoms with van der Waals surface area (Å²) in [5.74, 6) is 0.227. The standard InChI is InChI=1S/C22H25N5O4/c1-14(2)31-20-11-15(3)5-7-17(20)21(28)26-16-6-8-18(24-12-16)19(13-30-22(23)29)27-10-4-9-25-27/h4-12,14,19H,13H2,1-3H3,(H2,23,29)(H,26,28). The lowest BCUT2D eigenvalue weighted by Gasteiger charge is -2.17. The van der Waals surface area contributed by atoms with E-state index in [-0.39, 0.29) is 18.6 Å². The van der Waals surface area contributed by atoms with Gasteiger partial charge in [-0.25, -0.2) is 4.79 Å². The lowest BCUT2D eigenvalue weighted by molar-refractivity contribution is 0.102. The fourth-order valence-corrected chi connectivity index (χ4v) is 2.97. The summed E-state index contributed by atoms with van der Waals surface area (Å²) in [4.78, 5) is 28.2. The summed E-state index contributed by atoms with van der Waals surface area (Å²) in [6, 6.07) is 10.2. The van der Waals surface area contributed by atoms with E-state index in [1.165, 1.54) is 6.20 Å². The van der Waals surface area contributed by atoms with E-state index in [2.05, 4.69) is 15.4 Å². The number of carbonyl (C=O) groups excluding carboxylic acids is 2. The van der Waals surface area contributed by atoms with Crippen LogP contribution >= 0.6 is 0 Å². The van der Waals surface area contributed by atoms with Crippen LogP contribution in [0, 0.1) is 6.92 Å². The summed E-state index contributed by atoms with van der Waals surface area (Å²) >= 11 is 0. The van der Waals surface area contributed by atoms with Crippen molar-refractivity contribution >= 4 is 17.7 Å². The maximum Gasteiger partial charge on any atom is 0.404 e. The van der Waals surface area contributed by atoms with Gasteiger partial charge in [-0.1, -0.05) is 6.07 Å². The Morgan fingerprint density at radius 3 is 2.65 bits per heavy atom. The first-order valence-corrected chi connectivity index (χ1v) is 9.79. The molecule has 1 aromatic carbocycles. The van der Waals surface area contributed by atoms with Crippen molar-refractivity contribution in [3.63, 3.8) is 0 Å². The number of benzene rings is 1. The van der Waals surface area contributed by atoms with Crippen LogP contribution in [0.2, 0.25) is 0 Å². The lowest BCUT2D eigenvalue weighted by Crippen LogP contribution is -2.23. The smallest absolute Gasteiger partial charge is 0.404 e. The van der Waals surface area contributed by atoms with Crippen molar-refractivity contribution in [2.24, 2.45) is 5.73 Å². The highest BCUT2D eigenvalue weighted by atomic mass is 16.5. The van der Waals surface area contributed by atoms with Crippen molar-refractivity contribution in [1.82, 2.24) is 14.8 Å². The van der Waals surface area contributed by atoms with Gasteiger partial charge in [0.1, 0.15) is 18.4 Å². The van der Waals surface area contributed by atoms with Crippen LogP contribution in [-0.4, -0.2) is 39.5 Å². The monoisotopic (exact) mass is 423 g/mol. The highest BCUT2D eigenvalue weighted by Gasteiger charge is 2.19. The molecule has 1 unspecified atom stereocenters. The molecule has 2 amide bonds. The summed E-state index contributed by atoms with van der Waals surface area (Å²) in [5.41, 5.74) is 7.64. The van der Waals surface area contributed by atoms with Gasteiger partial charge in [0.2, 0.25) is 0 Å². The van der Waals surface area contributed by atoms with Crippen LogP contribution in [0.25, 0.3) is 0 Å². The molecule has 0 aliphatic carbocycles. The van der Waals surface area contributed by atoms with E-state index in [4.69, 9.17) is 15.2 Å². The molecule has 9 nitrogen and oxygen atoms in total. The quantitative estimate of drug-likeness (QED) is 0.573. The Morgan fingerprint density at radius 1 is 1.23 bits per heavy atom. The third kappa shape index (κ3) is 5.81. The Balaban J connectivity index is 1.77. The number of carbonyl (C=O) groups is 2. The summed E-state index contributed by atoms with van der Waals surface area (Å²) in [5, 5.41) is 7.02. The minimum absolute atomic E-state index is 0.0189. The highest BCUT2D eigenvalue weighted by Crippen LogP contribution is 2.24. The largest absolute Gasteiger partial charge is 0.490 e. The average Bonchev–Trinajstić information content (AvgIpc) is 3.23. The van der Waals surface area contributed by atoms with E-state index in [0.717, 1.165) is 5.56 Å². The number of aromatic nitrogens is 3. The molecule has 31 heavy (non-hydrogen) atoms. The number of nitrogens with two attached hydrogens (primary N) is 1. The number of anilines is 1. The summed E-state index contributed by atoms with van der Waals surface area (Å²) < 4.78 is 12.3. The molecular weight excluding hydrogens is 398 g/mol. The average molecular weight is 423 g/mol. The Hall–Kier alpha value is -3.88. The Morgan fingerprint density at radius 2 is 2.03 bits per heavy atom. The van der Waals surface area contributed by atoms with Gasteiger partial charge in [-0.2, -0.15) is 5.10 Å². The first-order valence-electron chi connectivity index (χ1n) is 9.79. The van der Waals surface area contributed by atoms with Crippen LogP contribution in [0.4, 0.5) is 10.5 Å². The van der Waals surface area contributed by atoms with Gasteiger partial charge in [0.05, 0.1) is 29.2 Å². The number of hydrogen-bond acceptors (Lipinski definition) is 6. The van der Waals surface area contributed by atoms with Gasteiger partial charge >= 0.3 is 6.09 Å². The maximum atomic E-state index is 12.8. The van der Waals surface area contributed by atoms with Crippen molar-refractivity contribution in [1.29, 1.82) is 0 Å². The molecule has 3 N–H and O–H groups in total. The molecule has 0 radical (unpaired) electrons.